The SMILES string of the molecule is Cc1cccc(C)c1NC(=O)C(=O)N1CCN(c2ccccn2)CC1. The summed E-state index contributed by atoms with van der Waals surface area (Å²) in [6, 6.07) is 11.5. The second-order valence-electron chi connectivity index (χ2n) is 6.19. The summed E-state index contributed by atoms with van der Waals surface area (Å²) in [5.41, 5.74) is 2.61. The van der Waals surface area contributed by atoms with Gasteiger partial charge >= 0.3 is 11.8 Å². The predicted octanol–water partition coefficient (Wildman–Crippen LogP) is 1.99. The molecule has 0 aliphatic carbocycles. The molecule has 1 aliphatic rings. The lowest BCUT2D eigenvalue weighted by Crippen LogP contribution is -2.51. The van der Waals surface area contributed by atoms with Crippen molar-refractivity contribution in [2.45, 2.75) is 13.8 Å². The Bertz CT molecular complexity index is 748. The summed E-state index contributed by atoms with van der Waals surface area (Å²) in [7, 11) is 0. The van der Waals surface area contributed by atoms with E-state index in [9.17, 15) is 9.59 Å². The van der Waals surface area contributed by atoms with Crippen molar-refractivity contribution in [3.63, 3.8) is 0 Å². The number of piperazine rings is 1. The van der Waals surface area contributed by atoms with Gasteiger partial charge in [0, 0.05) is 38.1 Å². The first-order chi connectivity index (χ1) is 12.1. The molecule has 1 fully saturated rings. The number of nitrogens with zero attached hydrogens (tertiary/aromatic N) is 3. The van der Waals surface area contributed by atoms with Crippen molar-refractivity contribution >= 4 is 23.3 Å². The smallest absolute Gasteiger partial charge is 0.313 e. The number of hydrogen-bond acceptors (Lipinski definition) is 4. The maximum Gasteiger partial charge on any atom is 0.313 e. The maximum absolute atomic E-state index is 12.4. The fourth-order valence-corrected chi connectivity index (χ4v) is 3.00. The average molecular weight is 338 g/mol. The van der Waals surface area contributed by atoms with Crippen molar-refractivity contribution in [3.8, 4) is 0 Å². The lowest BCUT2D eigenvalue weighted by atomic mass is 10.1. The molecule has 1 aromatic heterocycles. The number of aryl methyl sites for hydroxylation is 2. The summed E-state index contributed by atoms with van der Waals surface area (Å²) in [5.74, 6) is -0.165. The van der Waals surface area contributed by atoms with Gasteiger partial charge in [-0.15, -0.1) is 0 Å². The summed E-state index contributed by atoms with van der Waals surface area (Å²) < 4.78 is 0. The molecule has 6 nitrogen and oxygen atoms in total. The quantitative estimate of drug-likeness (QED) is 0.851. The molecule has 25 heavy (non-hydrogen) atoms. The number of nitrogens with one attached hydrogen (secondary N) is 1. The molecule has 0 atom stereocenters. The van der Waals surface area contributed by atoms with E-state index < -0.39 is 11.8 Å². The predicted molar refractivity (Wildman–Crippen MR) is 97.6 cm³/mol. The molecular weight excluding hydrogens is 316 g/mol. The Hall–Kier alpha value is -2.89. The normalized spacial score (nSPS) is 14.3. The van der Waals surface area contributed by atoms with Crippen LogP contribution < -0.4 is 10.2 Å². The van der Waals surface area contributed by atoms with E-state index in [4.69, 9.17) is 0 Å². The fourth-order valence-electron chi connectivity index (χ4n) is 3.00. The summed E-state index contributed by atoms with van der Waals surface area (Å²) in [5, 5.41) is 2.76. The van der Waals surface area contributed by atoms with Gasteiger partial charge < -0.3 is 15.1 Å². The molecule has 130 valence electrons. The van der Waals surface area contributed by atoms with Crippen LogP contribution in [0.3, 0.4) is 0 Å². The lowest BCUT2D eigenvalue weighted by Gasteiger charge is -2.35. The molecular formula is C19H22N4O2. The number of para-hydroxylation sites is 1. The number of rotatable bonds is 2. The molecule has 1 aliphatic heterocycles. The Morgan fingerprint density at radius 3 is 2.24 bits per heavy atom. The zero-order valence-electron chi connectivity index (χ0n) is 14.5. The standard InChI is InChI=1S/C19H22N4O2/c1-14-6-5-7-15(2)17(14)21-18(24)19(25)23-12-10-22(11-13-23)16-8-3-4-9-20-16/h3-9H,10-13H2,1-2H3,(H,21,24). The van der Waals surface area contributed by atoms with Crippen LogP contribution >= 0.6 is 0 Å². The Balaban J connectivity index is 1.60. The number of benzene rings is 1. The van der Waals surface area contributed by atoms with Gasteiger partial charge in [0.05, 0.1) is 0 Å². The maximum atomic E-state index is 12.4. The van der Waals surface area contributed by atoms with Crippen LogP contribution in [-0.2, 0) is 9.59 Å². The van der Waals surface area contributed by atoms with Crippen LogP contribution in [0.5, 0.6) is 0 Å². The molecule has 0 radical (unpaired) electrons. The molecule has 3 rings (SSSR count). The molecule has 1 saturated heterocycles. The van der Waals surface area contributed by atoms with Crippen LogP contribution in [0.1, 0.15) is 11.1 Å². The number of carbonyl (C=O) groups excluding carboxylic acids is 2. The van der Waals surface area contributed by atoms with Crippen LogP contribution in [0.2, 0.25) is 0 Å². The van der Waals surface area contributed by atoms with Gasteiger partial charge in [-0.25, -0.2) is 4.98 Å². The van der Waals surface area contributed by atoms with Gasteiger partial charge in [0.25, 0.3) is 0 Å². The van der Waals surface area contributed by atoms with Crippen LogP contribution in [0.15, 0.2) is 42.6 Å². The summed E-state index contributed by atoms with van der Waals surface area (Å²) in [4.78, 5) is 32.8. The van der Waals surface area contributed by atoms with Crippen molar-refractivity contribution in [3.05, 3.63) is 53.7 Å². The number of hydrogen-bond donors (Lipinski definition) is 1. The lowest BCUT2D eigenvalue weighted by molar-refractivity contribution is -0.143. The van der Waals surface area contributed by atoms with E-state index in [1.807, 2.05) is 50.2 Å². The van der Waals surface area contributed by atoms with E-state index in [2.05, 4.69) is 15.2 Å². The number of carbonyl (C=O) groups is 2. The molecule has 2 aromatic rings. The van der Waals surface area contributed by atoms with E-state index in [1.165, 1.54) is 0 Å². The highest BCUT2D eigenvalue weighted by atomic mass is 16.2. The Morgan fingerprint density at radius 2 is 1.64 bits per heavy atom. The van der Waals surface area contributed by atoms with Gasteiger partial charge in [0.2, 0.25) is 0 Å². The summed E-state index contributed by atoms with van der Waals surface area (Å²) in [6.45, 7) is 6.18. The first-order valence-corrected chi connectivity index (χ1v) is 8.38. The van der Waals surface area contributed by atoms with Crippen molar-refractivity contribution < 1.29 is 9.59 Å². The van der Waals surface area contributed by atoms with Gasteiger partial charge in [-0.05, 0) is 37.1 Å². The Morgan fingerprint density at radius 1 is 0.960 bits per heavy atom. The van der Waals surface area contributed by atoms with Crippen molar-refractivity contribution in [2.75, 3.05) is 36.4 Å². The van der Waals surface area contributed by atoms with E-state index in [0.29, 0.717) is 31.9 Å². The molecule has 1 N–H and O–H groups in total. The minimum absolute atomic E-state index is 0.483. The van der Waals surface area contributed by atoms with Crippen molar-refractivity contribution in [2.24, 2.45) is 0 Å². The minimum atomic E-state index is -0.580. The molecule has 2 amide bonds. The third kappa shape index (κ3) is 3.79. The second kappa shape index (κ2) is 7.34. The van der Waals surface area contributed by atoms with E-state index in [0.717, 1.165) is 16.9 Å². The highest BCUT2D eigenvalue weighted by Crippen LogP contribution is 2.19. The molecule has 6 heteroatoms. The summed E-state index contributed by atoms with van der Waals surface area (Å²) in [6.07, 6.45) is 1.75. The largest absolute Gasteiger partial charge is 0.353 e. The highest BCUT2D eigenvalue weighted by Gasteiger charge is 2.26. The molecule has 0 saturated carbocycles. The van der Waals surface area contributed by atoms with Crippen LogP contribution in [0.25, 0.3) is 0 Å². The second-order valence-corrected chi connectivity index (χ2v) is 6.19. The first-order valence-electron chi connectivity index (χ1n) is 8.38. The number of aromatic nitrogens is 1. The molecule has 0 bridgehead atoms. The average Bonchev–Trinajstić information content (AvgIpc) is 2.65. The van der Waals surface area contributed by atoms with E-state index in [1.54, 1.807) is 11.1 Å². The van der Waals surface area contributed by atoms with Crippen LogP contribution in [0, 0.1) is 13.8 Å². The van der Waals surface area contributed by atoms with Gasteiger partial charge in [0.15, 0.2) is 0 Å². The monoisotopic (exact) mass is 338 g/mol. The van der Waals surface area contributed by atoms with Gasteiger partial charge in [-0.1, -0.05) is 24.3 Å². The van der Waals surface area contributed by atoms with Gasteiger partial charge in [0.1, 0.15) is 5.82 Å². The van der Waals surface area contributed by atoms with Crippen molar-refractivity contribution in [1.82, 2.24) is 9.88 Å². The summed E-state index contributed by atoms with van der Waals surface area (Å²) >= 11 is 0. The van der Waals surface area contributed by atoms with Crippen LogP contribution in [-0.4, -0.2) is 47.9 Å². The molecule has 2 heterocycles. The fraction of sp³-hybridized carbons (Fsp3) is 0.316. The third-order valence-electron chi connectivity index (χ3n) is 4.45. The highest BCUT2D eigenvalue weighted by molar-refractivity contribution is 6.39. The van der Waals surface area contributed by atoms with Gasteiger partial charge in [-0.2, -0.15) is 0 Å². The van der Waals surface area contributed by atoms with Gasteiger partial charge in [-0.3, -0.25) is 9.59 Å². The van der Waals surface area contributed by atoms with Crippen LogP contribution in [0.4, 0.5) is 11.5 Å². The van der Waals surface area contributed by atoms with E-state index >= 15 is 0 Å². The number of pyridine rings is 1. The number of anilines is 2. The minimum Gasteiger partial charge on any atom is -0.353 e. The zero-order valence-corrected chi connectivity index (χ0v) is 14.5. The Kier molecular flexibility index (Phi) is 4.97. The molecule has 1 aromatic carbocycles. The first kappa shape index (κ1) is 17.0. The Labute approximate surface area is 147 Å². The topological polar surface area (TPSA) is 65.5 Å². The zero-order chi connectivity index (χ0) is 17.8. The van der Waals surface area contributed by atoms with E-state index in [-0.39, 0.29) is 0 Å². The molecule has 0 spiro atoms. The molecule has 0 unspecified atom stereocenters. The third-order valence-corrected chi connectivity index (χ3v) is 4.45. The van der Waals surface area contributed by atoms with Crippen molar-refractivity contribution in [1.29, 1.82) is 0 Å². The number of amides is 2.